The zero-order valence-corrected chi connectivity index (χ0v) is 24.6. The second-order valence-corrected chi connectivity index (χ2v) is 12.2. The Morgan fingerprint density at radius 1 is 0.872 bits per heavy atom. The summed E-state index contributed by atoms with van der Waals surface area (Å²) < 4.78 is 5.80. The van der Waals surface area contributed by atoms with Gasteiger partial charge < -0.3 is 19.1 Å². The molecule has 3 fully saturated rings. The fraction of sp³-hybridized carbons (Fsp3) is 0.545. The Morgan fingerprint density at radius 3 is 2.28 bits per heavy atom. The predicted octanol–water partition coefficient (Wildman–Crippen LogP) is 7.13. The number of carbonyl (C=O) groups excluding carboxylic acids is 1. The molecule has 210 valence electrons. The van der Waals surface area contributed by atoms with Crippen molar-refractivity contribution < 1.29 is 9.21 Å². The van der Waals surface area contributed by atoms with Gasteiger partial charge in [-0.1, -0.05) is 32.0 Å². The number of rotatable bonds is 6. The quantitative estimate of drug-likeness (QED) is 0.328. The molecule has 3 aliphatic heterocycles. The number of likely N-dealkylation sites (tertiary alicyclic amines) is 2. The lowest BCUT2D eigenvalue weighted by Gasteiger charge is -2.35. The smallest absolute Gasteiger partial charge is 0.253 e. The van der Waals surface area contributed by atoms with Gasteiger partial charge in [-0.3, -0.25) is 4.79 Å². The first-order chi connectivity index (χ1) is 19.2. The molecule has 6 rings (SSSR count). The Hall–Kier alpha value is -2.44. The molecule has 3 aromatic rings. The van der Waals surface area contributed by atoms with Gasteiger partial charge in [0, 0.05) is 59.9 Å². The van der Waals surface area contributed by atoms with Crippen molar-refractivity contribution in [3.8, 4) is 0 Å². The number of piperidine rings is 2. The van der Waals surface area contributed by atoms with Crippen molar-refractivity contribution >= 4 is 34.3 Å². The molecule has 1 aromatic heterocycles. The van der Waals surface area contributed by atoms with Gasteiger partial charge in [-0.15, -0.1) is 0 Å². The number of anilines is 1. The molecule has 1 amide bonds. The number of nitrogens with zero attached hydrogens (tertiary/aromatic N) is 3. The maximum absolute atomic E-state index is 13.1. The third-order valence-electron chi connectivity index (χ3n) is 8.78. The van der Waals surface area contributed by atoms with Gasteiger partial charge in [0.05, 0.1) is 6.26 Å². The van der Waals surface area contributed by atoms with Gasteiger partial charge in [0.2, 0.25) is 0 Å². The van der Waals surface area contributed by atoms with Crippen LogP contribution in [0.2, 0.25) is 0 Å². The van der Waals surface area contributed by atoms with E-state index in [1.54, 1.807) is 0 Å². The monoisotopic (exact) mass is 547 g/mol. The average molecular weight is 548 g/mol. The molecule has 0 radical (unpaired) electrons. The predicted molar refractivity (Wildman–Crippen MR) is 165 cm³/mol. The number of hydrogen-bond donors (Lipinski definition) is 0. The first kappa shape index (κ1) is 28.1. The van der Waals surface area contributed by atoms with Crippen molar-refractivity contribution in [1.29, 1.82) is 0 Å². The molecule has 0 atom stereocenters. The summed E-state index contributed by atoms with van der Waals surface area (Å²) in [4.78, 5) is 20.3. The SMILES string of the molecule is CC.O=C(c1ccc(N2CCSCC2)cc1)N1CCC(CCN2CCC(c3coc4ccccc34)CC2)CC1. The summed E-state index contributed by atoms with van der Waals surface area (Å²) in [5.74, 6) is 3.93. The minimum absolute atomic E-state index is 0.202. The van der Waals surface area contributed by atoms with Crippen molar-refractivity contribution in [3.63, 3.8) is 0 Å². The van der Waals surface area contributed by atoms with E-state index in [-0.39, 0.29) is 5.91 Å². The van der Waals surface area contributed by atoms with Crippen LogP contribution in [0, 0.1) is 5.92 Å². The molecule has 6 heteroatoms. The molecule has 39 heavy (non-hydrogen) atoms. The van der Waals surface area contributed by atoms with Crippen molar-refractivity contribution in [2.75, 3.05) is 62.2 Å². The largest absolute Gasteiger partial charge is 0.464 e. The van der Waals surface area contributed by atoms with E-state index in [0.717, 1.165) is 56.1 Å². The number of amides is 1. The molecule has 0 unspecified atom stereocenters. The molecule has 0 saturated carbocycles. The Labute approximate surface area is 238 Å². The van der Waals surface area contributed by atoms with Crippen molar-refractivity contribution in [3.05, 3.63) is 65.9 Å². The first-order valence-electron chi connectivity index (χ1n) is 15.1. The topological polar surface area (TPSA) is 39.9 Å². The highest BCUT2D eigenvalue weighted by molar-refractivity contribution is 7.99. The minimum atomic E-state index is 0.202. The van der Waals surface area contributed by atoms with Crippen LogP contribution in [-0.4, -0.2) is 73.0 Å². The highest BCUT2D eigenvalue weighted by Gasteiger charge is 2.26. The standard InChI is InChI=1S/C31H39N3O2S.C2H6/c35-31(26-5-7-27(8-6-26)33-19-21-37-22-20-33)34-17-10-24(11-18-34)9-14-32-15-12-25(13-16-32)29-23-36-30-4-2-1-3-28(29)30;1-2/h1-8,23-25H,9-22H2;1-2H3. The molecular weight excluding hydrogens is 502 g/mol. The lowest BCUT2D eigenvalue weighted by Crippen LogP contribution is -2.40. The van der Waals surface area contributed by atoms with E-state index in [2.05, 4.69) is 45.0 Å². The van der Waals surface area contributed by atoms with E-state index >= 15 is 0 Å². The number of carbonyl (C=O) groups is 1. The lowest BCUT2D eigenvalue weighted by molar-refractivity contribution is 0.0678. The molecule has 0 aliphatic carbocycles. The van der Waals surface area contributed by atoms with Crippen LogP contribution in [-0.2, 0) is 0 Å². The molecule has 5 nitrogen and oxygen atoms in total. The van der Waals surface area contributed by atoms with Gasteiger partial charge in [0.1, 0.15) is 5.58 Å². The van der Waals surface area contributed by atoms with Gasteiger partial charge in [-0.05, 0) is 93.9 Å². The number of hydrogen-bond acceptors (Lipinski definition) is 5. The summed E-state index contributed by atoms with van der Waals surface area (Å²) in [6.07, 6.45) is 7.93. The Balaban J connectivity index is 0.00000151. The summed E-state index contributed by atoms with van der Waals surface area (Å²) in [6.45, 7) is 11.5. The van der Waals surface area contributed by atoms with Gasteiger partial charge in [0.15, 0.2) is 0 Å². The van der Waals surface area contributed by atoms with Crippen LogP contribution in [0.5, 0.6) is 0 Å². The molecule has 0 spiro atoms. The molecule has 0 N–H and O–H groups in total. The molecule has 2 aromatic carbocycles. The Bertz CT molecular complexity index is 1170. The van der Waals surface area contributed by atoms with Gasteiger partial charge in [0.25, 0.3) is 5.91 Å². The van der Waals surface area contributed by atoms with Crippen LogP contribution < -0.4 is 4.90 Å². The third-order valence-corrected chi connectivity index (χ3v) is 9.73. The third kappa shape index (κ3) is 6.83. The highest BCUT2D eigenvalue weighted by Crippen LogP contribution is 2.34. The number of furan rings is 1. The zero-order valence-electron chi connectivity index (χ0n) is 23.8. The average Bonchev–Trinajstić information content (AvgIpc) is 3.46. The molecule has 4 heterocycles. The van der Waals surface area contributed by atoms with E-state index < -0.39 is 0 Å². The first-order valence-corrected chi connectivity index (χ1v) is 16.3. The summed E-state index contributed by atoms with van der Waals surface area (Å²) in [5.41, 5.74) is 4.49. The van der Waals surface area contributed by atoms with Gasteiger partial charge in [-0.2, -0.15) is 11.8 Å². The zero-order chi connectivity index (χ0) is 27.0. The van der Waals surface area contributed by atoms with Crippen molar-refractivity contribution in [2.45, 2.75) is 51.9 Å². The van der Waals surface area contributed by atoms with Crippen LogP contribution in [0.1, 0.15) is 67.8 Å². The summed E-state index contributed by atoms with van der Waals surface area (Å²) in [6, 6.07) is 16.7. The van der Waals surface area contributed by atoms with Gasteiger partial charge >= 0.3 is 0 Å². The number of thioether (sulfide) groups is 1. The number of para-hydroxylation sites is 1. The summed E-state index contributed by atoms with van der Waals surface area (Å²) in [7, 11) is 0. The normalized spacial score (nSPS) is 19.6. The maximum atomic E-state index is 13.1. The summed E-state index contributed by atoms with van der Waals surface area (Å²) in [5, 5.41) is 1.29. The van der Waals surface area contributed by atoms with Crippen molar-refractivity contribution in [2.24, 2.45) is 5.92 Å². The Kier molecular flexibility index (Phi) is 9.91. The maximum Gasteiger partial charge on any atom is 0.253 e. The van der Waals surface area contributed by atoms with E-state index in [9.17, 15) is 4.79 Å². The molecule has 0 bridgehead atoms. The second-order valence-electron chi connectivity index (χ2n) is 11.0. The van der Waals surface area contributed by atoms with E-state index in [4.69, 9.17) is 4.42 Å². The number of fused-ring (bicyclic) bond motifs is 1. The second kappa shape index (κ2) is 13.8. The van der Waals surface area contributed by atoms with E-state index in [0.29, 0.717) is 5.92 Å². The van der Waals surface area contributed by atoms with Crippen LogP contribution in [0.25, 0.3) is 11.0 Å². The molecular formula is C33H45N3O2S. The Morgan fingerprint density at radius 2 is 1.56 bits per heavy atom. The summed E-state index contributed by atoms with van der Waals surface area (Å²) >= 11 is 2.02. The molecule has 3 saturated heterocycles. The fourth-order valence-corrected chi connectivity index (χ4v) is 7.29. The van der Waals surface area contributed by atoms with E-state index in [1.807, 2.05) is 50.1 Å². The van der Waals surface area contributed by atoms with Crippen molar-refractivity contribution in [1.82, 2.24) is 9.80 Å². The van der Waals surface area contributed by atoms with Crippen LogP contribution in [0.15, 0.2) is 59.2 Å². The van der Waals surface area contributed by atoms with Crippen LogP contribution in [0.4, 0.5) is 5.69 Å². The highest BCUT2D eigenvalue weighted by atomic mass is 32.2. The van der Waals surface area contributed by atoms with E-state index in [1.165, 1.54) is 67.0 Å². The lowest BCUT2D eigenvalue weighted by atomic mass is 9.88. The minimum Gasteiger partial charge on any atom is -0.464 e. The van der Waals surface area contributed by atoms with Crippen LogP contribution >= 0.6 is 11.8 Å². The molecule has 3 aliphatic rings. The van der Waals surface area contributed by atoms with Gasteiger partial charge in [-0.25, -0.2) is 0 Å². The fourth-order valence-electron chi connectivity index (χ4n) is 6.39. The number of benzene rings is 2. The van der Waals surface area contributed by atoms with Crippen LogP contribution in [0.3, 0.4) is 0 Å².